The van der Waals surface area contributed by atoms with Crippen LogP contribution in [0.2, 0.25) is 0 Å². The molecule has 2 heterocycles. The molecule has 0 unspecified atom stereocenters. The second-order valence-electron chi connectivity index (χ2n) is 2.51. The van der Waals surface area contributed by atoms with Crippen LogP contribution < -0.4 is 5.73 Å². The number of amides is 1. The molecule has 0 aliphatic carbocycles. The van der Waals surface area contributed by atoms with Crippen LogP contribution in [0.1, 0.15) is 21.9 Å². The third kappa shape index (κ3) is 0.795. The third-order valence-electron chi connectivity index (χ3n) is 1.56. The van der Waals surface area contributed by atoms with E-state index >= 15 is 0 Å². The van der Waals surface area contributed by atoms with Crippen molar-refractivity contribution in [2.45, 2.75) is 6.92 Å². The average Bonchev–Trinajstić information content (AvgIpc) is 2.28. The summed E-state index contributed by atoms with van der Waals surface area (Å²) in [6.07, 6.45) is 1.52. The molecule has 12 heavy (non-hydrogen) atoms. The topological polar surface area (TPSA) is 81.2 Å². The van der Waals surface area contributed by atoms with Crippen molar-refractivity contribution >= 4 is 11.7 Å². The number of fused-ring (bicyclic) bond motifs is 1. The van der Waals surface area contributed by atoms with E-state index < -0.39 is 5.91 Å². The number of nitrogens with zero attached hydrogens (tertiary/aromatic N) is 3. The Morgan fingerprint density at radius 1 is 1.42 bits per heavy atom. The molecule has 1 aliphatic heterocycles. The lowest BCUT2D eigenvalue weighted by molar-refractivity contribution is 0.100. The molecule has 0 spiro atoms. The van der Waals surface area contributed by atoms with Gasteiger partial charge in [-0.3, -0.25) is 4.79 Å². The molecule has 5 heteroatoms. The lowest BCUT2D eigenvalue weighted by Gasteiger charge is -1.96. The number of amidine groups is 1. The molecular formula is C7H6N4O. The molecule has 0 aromatic carbocycles. The molecule has 2 rings (SSSR count). The van der Waals surface area contributed by atoms with Gasteiger partial charge in [0.05, 0.1) is 5.69 Å². The zero-order valence-electron chi connectivity index (χ0n) is 6.40. The quantitative estimate of drug-likeness (QED) is 0.565. The largest absolute Gasteiger partial charge is 0.382 e. The minimum atomic E-state index is -0.407. The zero-order valence-corrected chi connectivity index (χ0v) is 6.40. The summed E-state index contributed by atoms with van der Waals surface area (Å²) in [5, 5.41) is 0. The summed E-state index contributed by atoms with van der Waals surface area (Å²) in [7, 11) is 0. The van der Waals surface area contributed by atoms with Gasteiger partial charge < -0.3 is 5.73 Å². The number of nitrogens with two attached hydrogens (primary N) is 1. The predicted octanol–water partition coefficient (Wildman–Crippen LogP) is -0.356. The van der Waals surface area contributed by atoms with Crippen molar-refractivity contribution in [2.75, 3.05) is 0 Å². The molecule has 1 aromatic heterocycles. The number of hydrogen-bond donors (Lipinski definition) is 1. The molecule has 0 saturated heterocycles. The Kier molecular flexibility index (Phi) is 1.21. The number of aliphatic imine (C=N–C) groups is 1. The van der Waals surface area contributed by atoms with Crippen molar-refractivity contribution in [3.63, 3.8) is 0 Å². The van der Waals surface area contributed by atoms with E-state index in [-0.39, 0.29) is 11.5 Å². The molecule has 1 aromatic rings. The van der Waals surface area contributed by atoms with Crippen LogP contribution in [0.4, 0.5) is 0 Å². The Bertz CT molecular complexity index is 396. The standard InChI is InChI=1S/C7H6N4O/c1-3-2-9-5-4(10-3)6(8)11-7(5)12/h2H,1H3,(H2,8,11,12). The summed E-state index contributed by atoms with van der Waals surface area (Å²) in [6, 6.07) is 0. The summed E-state index contributed by atoms with van der Waals surface area (Å²) in [4.78, 5) is 22.5. The fraction of sp³-hybridized carbons (Fsp3) is 0.143. The molecule has 0 radical (unpaired) electrons. The monoisotopic (exact) mass is 162 g/mol. The maximum Gasteiger partial charge on any atom is 0.299 e. The summed E-state index contributed by atoms with van der Waals surface area (Å²) in [5.74, 6) is -0.249. The van der Waals surface area contributed by atoms with E-state index in [1.165, 1.54) is 6.20 Å². The highest BCUT2D eigenvalue weighted by Crippen LogP contribution is 2.11. The highest BCUT2D eigenvalue weighted by molar-refractivity contribution is 6.17. The second kappa shape index (κ2) is 2.10. The van der Waals surface area contributed by atoms with Crippen LogP contribution >= 0.6 is 0 Å². The molecule has 0 bridgehead atoms. The van der Waals surface area contributed by atoms with Gasteiger partial charge in [-0.15, -0.1) is 0 Å². The van der Waals surface area contributed by atoms with E-state index in [1.807, 2.05) is 0 Å². The number of aromatic nitrogens is 2. The first kappa shape index (κ1) is 6.90. The lowest BCUT2D eigenvalue weighted by Crippen LogP contribution is -2.13. The number of carbonyl (C=O) groups is 1. The van der Waals surface area contributed by atoms with E-state index in [1.54, 1.807) is 6.92 Å². The van der Waals surface area contributed by atoms with Crippen LogP contribution in [0.25, 0.3) is 0 Å². The molecule has 0 atom stereocenters. The molecule has 0 saturated carbocycles. The average molecular weight is 162 g/mol. The highest BCUT2D eigenvalue weighted by atomic mass is 16.1. The fourth-order valence-corrected chi connectivity index (χ4v) is 1.03. The Balaban J connectivity index is 2.69. The second-order valence-corrected chi connectivity index (χ2v) is 2.51. The van der Waals surface area contributed by atoms with Crippen molar-refractivity contribution in [1.82, 2.24) is 9.97 Å². The molecule has 2 N–H and O–H groups in total. The predicted molar refractivity (Wildman–Crippen MR) is 41.8 cm³/mol. The van der Waals surface area contributed by atoms with Crippen LogP contribution in [-0.4, -0.2) is 21.7 Å². The van der Waals surface area contributed by atoms with Gasteiger partial charge in [0.25, 0.3) is 5.91 Å². The SMILES string of the molecule is Cc1cnc2c(n1)C(N)=NC2=O. The summed E-state index contributed by atoms with van der Waals surface area (Å²) >= 11 is 0. The van der Waals surface area contributed by atoms with Crippen LogP contribution in [-0.2, 0) is 0 Å². The number of hydrogen-bond acceptors (Lipinski definition) is 4. The molecule has 0 fully saturated rings. The summed E-state index contributed by atoms with van der Waals surface area (Å²) in [6.45, 7) is 1.78. The molecule has 5 nitrogen and oxygen atoms in total. The van der Waals surface area contributed by atoms with Gasteiger partial charge in [-0.2, -0.15) is 4.99 Å². The van der Waals surface area contributed by atoms with Crippen LogP contribution in [0.15, 0.2) is 11.2 Å². The van der Waals surface area contributed by atoms with Gasteiger partial charge in [0, 0.05) is 6.20 Å². The minimum absolute atomic E-state index is 0.159. The van der Waals surface area contributed by atoms with Crippen LogP contribution in [0.5, 0.6) is 0 Å². The Hall–Kier alpha value is -1.78. The highest BCUT2D eigenvalue weighted by Gasteiger charge is 2.23. The minimum Gasteiger partial charge on any atom is -0.382 e. The van der Waals surface area contributed by atoms with Gasteiger partial charge >= 0.3 is 0 Å². The van der Waals surface area contributed by atoms with Crippen molar-refractivity contribution in [3.05, 3.63) is 23.3 Å². The number of aryl methyl sites for hydroxylation is 1. The molecule has 60 valence electrons. The third-order valence-corrected chi connectivity index (χ3v) is 1.56. The van der Waals surface area contributed by atoms with Gasteiger partial charge in [0.15, 0.2) is 11.5 Å². The van der Waals surface area contributed by atoms with E-state index in [0.717, 1.165) is 5.69 Å². The van der Waals surface area contributed by atoms with Crippen molar-refractivity contribution in [3.8, 4) is 0 Å². The van der Waals surface area contributed by atoms with Gasteiger partial charge in [-0.25, -0.2) is 9.97 Å². The maximum atomic E-state index is 11.0. The molecule has 1 amide bonds. The van der Waals surface area contributed by atoms with Crippen LogP contribution in [0.3, 0.4) is 0 Å². The fourth-order valence-electron chi connectivity index (χ4n) is 1.03. The van der Waals surface area contributed by atoms with E-state index in [0.29, 0.717) is 5.69 Å². The first-order valence-electron chi connectivity index (χ1n) is 3.41. The molecule has 1 aliphatic rings. The number of rotatable bonds is 0. The summed E-state index contributed by atoms with van der Waals surface area (Å²) < 4.78 is 0. The van der Waals surface area contributed by atoms with Gasteiger partial charge in [-0.05, 0) is 6.92 Å². The van der Waals surface area contributed by atoms with Crippen molar-refractivity contribution in [1.29, 1.82) is 0 Å². The molecular weight excluding hydrogens is 156 g/mol. The van der Waals surface area contributed by atoms with Crippen molar-refractivity contribution < 1.29 is 4.79 Å². The first-order chi connectivity index (χ1) is 5.68. The first-order valence-corrected chi connectivity index (χ1v) is 3.41. The Morgan fingerprint density at radius 2 is 2.17 bits per heavy atom. The van der Waals surface area contributed by atoms with E-state index in [9.17, 15) is 4.79 Å². The van der Waals surface area contributed by atoms with E-state index in [2.05, 4.69) is 15.0 Å². The normalized spacial score (nSPS) is 14.4. The van der Waals surface area contributed by atoms with Gasteiger partial charge in [-0.1, -0.05) is 0 Å². The summed E-state index contributed by atoms with van der Waals surface area (Å²) in [5.41, 5.74) is 6.81. The zero-order chi connectivity index (χ0) is 8.72. The smallest absolute Gasteiger partial charge is 0.299 e. The Labute approximate surface area is 68.4 Å². The number of carbonyl (C=O) groups excluding carboxylic acids is 1. The lowest BCUT2D eigenvalue weighted by atomic mass is 10.3. The van der Waals surface area contributed by atoms with Gasteiger partial charge in [0.2, 0.25) is 0 Å². The van der Waals surface area contributed by atoms with Crippen molar-refractivity contribution in [2.24, 2.45) is 10.7 Å². The van der Waals surface area contributed by atoms with Crippen LogP contribution in [0, 0.1) is 6.92 Å². The van der Waals surface area contributed by atoms with E-state index in [4.69, 9.17) is 5.73 Å². The maximum absolute atomic E-state index is 11.0. The Morgan fingerprint density at radius 3 is 2.92 bits per heavy atom. The van der Waals surface area contributed by atoms with Gasteiger partial charge in [0.1, 0.15) is 5.69 Å².